The first-order valence-electron chi connectivity index (χ1n) is 10.4. The Morgan fingerprint density at radius 1 is 1.10 bits per heavy atom. The monoisotopic (exact) mass is 413 g/mol. The van der Waals surface area contributed by atoms with Crippen LogP contribution < -0.4 is 11.1 Å². The number of carbonyl (C=O) groups excluding carboxylic acids is 3. The van der Waals surface area contributed by atoms with E-state index in [-0.39, 0.29) is 5.56 Å². The summed E-state index contributed by atoms with van der Waals surface area (Å²) in [5, 5.41) is 6.58. The molecule has 2 rings (SSSR count). The number of nitrogens with zero attached hydrogens (tertiary/aromatic N) is 1. The molecule has 0 fully saturated rings. The number of ketones is 1. The highest BCUT2D eigenvalue weighted by atomic mass is 16.5. The van der Waals surface area contributed by atoms with Crippen LogP contribution in [0.15, 0.2) is 34.9 Å². The number of rotatable bonds is 11. The maximum absolute atomic E-state index is 13.0. The van der Waals surface area contributed by atoms with E-state index < -0.39 is 23.6 Å². The van der Waals surface area contributed by atoms with E-state index >= 15 is 0 Å². The van der Waals surface area contributed by atoms with Crippen molar-refractivity contribution in [3.63, 3.8) is 0 Å². The van der Waals surface area contributed by atoms with Gasteiger partial charge in [-0.15, -0.1) is 0 Å². The SMILES string of the molecule is Cc1noc(-c2ccccc2)c1C(=O)N[C@@H](CCCC(C)CC(C)C)C(=O)C(N)=O. The van der Waals surface area contributed by atoms with E-state index in [1.54, 1.807) is 19.1 Å². The number of nitrogens with two attached hydrogens (primary N) is 1. The van der Waals surface area contributed by atoms with Crippen LogP contribution in [0, 0.1) is 18.8 Å². The first kappa shape index (κ1) is 23.3. The van der Waals surface area contributed by atoms with Gasteiger partial charge in [-0.2, -0.15) is 0 Å². The number of Topliss-reactive ketones (excluding diaryl/α,β-unsaturated/α-hetero) is 1. The lowest BCUT2D eigenvalue weighted by molar-refractivity contribution is -0.137. The van der Waals surface area contributed by atoms with Crippen molar-refractivity contribution >= 4 is 17.6 Å². The second kappa shape index (κ2) is 10.7. The van der Waals surface area contributed by atoms with Gasteiger partial charge in [0.1, 0.15) is 5.56 Å². The molecule has 2 amide bonds. The van der Waals surface area contributed by atoms with Crippen LogP contribution in [-0.2, 0) is 9.59 Å². The minimum atomic E-state index is -1.05. The Morgan fingerprint density at radius 3 is 2.37 bits per heavy atom. The van der Waals surface area contributed by atoms with Crippen molar-refractivity contribution in [2.75, 3.05) is 0 Å². The maximum atomic E-state index is 13.0. The number of hydrogen-bond acceptors (Lipinski definition) is 5. The predicted octanol–water partition coefficient (Wildman–Crippen LogP) is 3.66. The Hall–Kier alpha value is -2.96. The molecule has 0 spiro atoms. The minimum absolute atomic E-state index is 0.247. The quantitative estimate of drug-likeness (QED) is 0.546. The molecular weight excluding hydrogens is 382 g/mol. The summed E-state index contributed by atoms with van der Waals surface area (Å²) in [6, 6.07) is 8.14. The fraction of sp³-hybridized carbons (Fsp3) is 0.478. The van der Waals surface area contributed by atoms with Crippen molar-refractivity contribution in [3.8, 4) is 11.3 Å². The van der Waals surface area contributed by atoms with Crippen LogP contribution in [-0.4, -0.2) is 28.8 Å². The summed E-state index contributed by atoms with van der Waals surface area (Å²) in [7, 11) is 0. The zero-order valence-corrected chi connectivity index (χ0v) is 18.1. The van der Waals surface area contributed by atoms with E-state index in [0.29, 0.717) is 41.7 Å². The number of nitrogens with one attached hydrogen (secondary N) is 1. The molecule has 0 bridgehead atoms. The summed E-state index contributed by atoms with van der Waals surface area (Å²) < 4.78 is 5.35. The lowest BCUT2D eigenvalue weighted by Gasteiger charge is -2.18. The van der Waals surface area contributed by atoms with Crippen LogP contribution in [0.5, 0.6) is 0 Å². The normalized spacial score (nSPS) is 13.1. The highest BCUT2D eigenvalue weighted by Crippen LogP contribution is 2.26. The lowest BCUT2D eigenvalue weighted by Crippen LogP contribution is -2.46. The van der Waals surface area contributed by atoms with Crippen molar-refractivity contribution in [1.82, 2.24) is 10.5 Å². The first-order valence-corrected chi connectivity index (χ1v) is 10.4. The van der Waals surface area contributed by atoms with Crippen molar-refractivity contribution in [1.29, 1.82) is 0 Å². The van der Waals surface area contributed by atoms with Gasteiger partial charge < -0.3 is 15.6 Å². The number of primary amides is 1. The molecule has 7 heteroatoms. The Balaban J connectivity index is 2.14. The second-order valence-corrected chi connectivity index (χ2v) is 8.26. The number of carbonyl (C=O) groups is 3. The highest BCUT2D eigenvalue weighted by Gasteiger charge is 2.29. The molecular formula is C23H31N3O4. The molecule has 0 aliphatic rings. The third-order valence-corrected chi connectivity index (χ3v) is 5.05. The molecule has 0 saturated carbocycles. The van der Waals surface area contributed by atoms with Gasteiger partial charge in [0, 0.05) is 5.56 Å². The predicted molar refractivity (Wildman–Crippen MR) is 115 cm³/mol. The maximum Gasteiger partial charge on any atom is 0.287 e. The van der Waals surface area contributed by atoms with Crippen molar-refractivity contribution < 1.29 is 18.9 Å². The average Bonchev–Trinajstić information content (AvgIpc) is 3.08. The van der Waals surface area contributed by atoms with Crippen molar-refractivity contribution in [3.05, 3.63) is 41.6 Å². The third kappa shape index (κ3) is 6.27. The van der Waals surface area contributed by atoms with Gasteiger partial charge in [-0.1, -0.05) is 69.1 Å². The number of aromatic nitrogens is 1. The lowest BCUT2D eigenvalue weighted by atomic mass is 9.92. The van der Waals surface area contributed by atoms with Crippen LogP contribution in [0.3, 0.4) is 0 Å². The molecule has 0 aliphatic carbocycles. The summed E-state index contributed by atoms with van der Waals surface area (Å²) >= 11 is 0. The zero-order chi connectivity index (χ0) is 22.3. The van der Waals surface area contributed by atoms with Gasteiger partial charge in [0.25, 0.3) is 11.8 Å². The smallest absolute Gasteiger partial charge is 0.287 e. The molecule has 1 aromatic heterocycles. The Bertz CT molecular complexity index is 874. The summed E-state index contributed by atoms with van der Waals surface area (Å²) in [6.07, 6.45) is 3.03. The fourth-order valence-electron chi connectivity index (χ4n) is 3.69. The van der Waals surface area contributed by atoms with Gasteiger partial charge in [-0.3, -0.25) is 14.4 Å². The molecule has 0 saturated heterocycles. The number of aryl methyl sites for hydroxylation is 1. The molecule has 30 heavy (non-hydrogen) atoms. The van der Waals surface area contributed by atoms with Crippen LogP contribution in [0.2, 0.25) is 0 Å². The van der Waals surface area contributed by atoms with E-state index in [1.165, 1.54) is 0 Å². The number of benzene rings is 1. The molecule has 1 aromatic carbocycles. The van der Waals surface area contributed by atoms with E-state index in [9.17, 15) is 14.4 Å². The van der Waals surface area contributed by atoms with Crippen molar-refractivity contribution in [2.45, 2.75) is 59.4 Å². The summed E-state index contributed by atoms with van der Waals surface area (Å²) in [5.41, 5.74) is 6.56. The molecule has 2 atom stereocenters. The third-order valence-electron chi connectivity index (χ3n) is 5.05. The zero-order valence-electron chi connectivity index (χ0n) is 18.1. The average molecular weight is 414 g/mol. The number of amides is 2. The molecule has 0 aliphatic heterocycles. The molecule has 7 nitrogen and oxygen atoms in total. The summed E-state index contributed by atoms with van der Waals surface area (Å²) in [5.74, 6) is -0.953. The van der Waals surface area contributed by atoms with Gasteiger partial charge in [-0.25, -0.2) is 0 Å². The summed E-state index contributed by atoms with van der Waals surface area (Å²) in [6.45, 7) is 8.16. The van der Waals surface area contributed by atoms with Gasteiger partial charge in [0.15, 0.2) is 5.76 Å². The van der Waals surface area contributed by atoms with E-state index in [0.717, 1.165) is 12.8 Å². The molecule has 162 valence electrons. The topological polar surface area (TPSA) is 115 Å². The van der Waals surface area contributed by atoms with E-state index in [1.807, 2.05) is 18.2 Å². The number of hydrogen-bond donors (Lipinski definition) is 2. The highest BCUT2D eigenvalue weighted by molar-refractivity contribution is 6.38. The molecule has 1 heterocycles. The van der Waals surface area contributed by atoms with Gasteiger partial charge in [0.05, 0.1) is 11.7 Å². The first-order chi connectivity index (χ1) is 14.2. The van der Waals surface area contributed by atoms with Gasteiger partial charge >= 0.3 is 0 Å². The minimum Gasteiger partial charge on any atom is -0.363 e. The molecule has 1 unspecified atom stereocenters. The largest absolute Gasteiger partial charge is 0.363 e. The standard InChI is InChI=1S/C23H31N3O4/c1-14(2)13-15(3)9-8-12-18(20(27)22(24)28)25-23(29)19-16(4)26-30-21(19)17-10-6-5-7-11-17/h5-7,10-11,14-15,18H,8-9,12-13H2,1-4H3,(H2,24,28)(H,25,29)/t15?,18-/m0/s1. The van der Waals surface area contributed by atoms with Gasteiger partial charge in [0.2, 0.25) is 5.78 Å². The van der Waals surface area contributed by atoms with Gasteiger partial charge in [-0.05, 0) is 31.6 Å². The Labute approximate surface area is 177 Å². The summed E-state index contributed by atoms with van der Waals surface area (Å²) in [4.78, 5) is 36.8. The Kier molecular flexibility index (Phi) is 8.33. The molecule has 2 aromatic rings. The van der Waals surface area contributed by atoms with Crippen molar-refractivity contribution in [2.24, 2.45) is 17.6 Å². The molecule has 0 radical (unpaired) electrons. The van der Waals surface area contributed by atoms with Crippen LogP contribution in [0.4, 0.5) is 0 Å². The van der Waals surface area contributed by atoms with E-state index in [4.69, 9.17) is 10.3 Å². The molecule has 3 N–H and O–H groups in total. The Morgan fingerprint density at radius 2 is 1.77 bits per heavy atom. The van der Waals surface area contributed by atoms with Crippen LogP contribution in [0.1, 0.15) is 62.5 Å². The fourth-order valence-corrected chi connectivity index (χ4v) is 3.69. The second-order valence-electron chi connectivity index (χ2n) is 8.26. The van der Waals surface area contributed by atoms with Crippen LogP contribution >= 0.6 is 0 Å². The van der Waals surface area contributed by atoms with E-state index in [2.05, 4.69) is 31.2 Å². The van der Waals surface area contributed by atoms with Crippen LogP contribution in [0.25, 0.3) is 11.3 Å².